The molecule has 0 saturated carbocycles. The smallest absolute Gasteiger partial charge is 0.446 e. The number of aliphatic hydroxyl groups is 1. The lowest BCUT2D eigenvalue weighted by Crippen LogP contribution is -2.31. The van der Waals surface area contributed by atoms with E-state index in [0.717, 1.165) is 5.56 Å². The standard InChI is InChI=1S/C18H18F3NO4S/c19-18(20,21)27-15-4-2-14(3-5-15)24-10-13(23)9-22-8-12-1-6-16-17(7-12)26-11-25-16/h1-7,13,22-23H,8-11H2/t13-/m1/s1. The molecule has 1 atom stereocenters. The van der Waals surface area contributed by atoms with E-state index in [2.05, 4.69) is 5.32 Å². The van der Waals surface area contributed by atoms with Gasteiger partial charge in [-0.3, -0.25) is 0 Å². The molecule has 0 saturated heterocycles. The number of halogens is 3. The minimum atomic E-state index is -4.32. The molecule has 0 amide bonds. The van der Waals surface area contributed by atoms with Crippen LogP contribution in [0.3, 0.4) is 0 Å². The maximum Gasteiger partial charge on any atom is 0.446 e. The lowest BCUT2D eigenvalue weighted by molar-refractivity contribution is -0.0328. The number of ether oxygens (including phenoxy) is 3. The average Bonchev–Trinajstić information content (AvgIpc) is 3.07. The van der Waals surface area contributed by atoms with E-state index in [1.807, 2.05) is 18.2 Å². The van der Waals surface area contributed by atoms with Gasteiger partial charge in [-0.15, -0.1) is 0 Å². The lowest BCUT2D eigenvalue weighted by Gasteiger charge is -2.14. The van der Waals surface area contributed by atoms with Crippen molar-refractivity contribution in [3.05, 3.63) is 48.0 Å². The van der Waals surface area contributed by atoms with Gasteiger partial charge in [-0.2, -0.15) is 13.2 Å². The fourth-order valence-electron chi connectivity index (χ4n) is 2.42. The highest BCUT2D eigenvalue weighted by Gasteiger charge is 2.29. The van der Waals surface area contributed by atoms with Crippen LogP contribution in [0.5, 0.6) is 17.2 Å². The highest BCUT2D eigenvalue weighted by atomic mass is 32.2. The highest BCUT2D eigenvalue weighted by Crippen LogP contribution is 2.37. The number of thioether (sulfide) groups is 1. The molecule has 0 fully saturated rings. The van der Waals surface area contributed by atoms with Crippen LogP contribution in [0.25, 0.3) is 0 Å². The normalized spacial score (nSPS) is 14.2. The molecule has 9 heteroatoms. The van der Waals surface area contributed by atoms with Gasteiger partial charge < -0.3 is 24.6 Å². The number of alkyl halides is 3. The van der Waals surface area contributed by atoms with Gasteiger partial charge in [-0.05, 0) is 53.7 Å². The molecule has 27 heavy (non-hydrogen) atoms. The van der Waals surface area contributed by atoms with Crippen LogP contribution in [-0.2, 0) is 6.54 Å². The Hall–Kier alpha value is -2.10. The van der Waals surface area contributed by atoms with Gasteiger partial charge in [0.15, 0.2) is 11.5 Å². The maximum absolute atomic E-state index is 12.3. The van der Waals surface area contributed by atoms with E-state index in [4.69, 9.17) is 14.2 Å². The van der Waals surface area contributed by atoms with Crippen LogP contribution in [0.4, 0.5) is 13.2 Å². The zero-order valence-electron chi connectivity index (χ0n) is 14.2. The number of fused-ring (bicyclic) bond motifs is 1. The summed E-state index contributed by atoms with van der Waals surface area (Å²) in [5.74, 6) is 1.81. The van der Waals surface area contributed by atoms with Crippen molar-refractivity contribution in [3.63, 3.8) is 0 Å². The summed E-state index contributed by atoms with van der Waals surface area (Å²) >= 11 is -0.182. The summed E-state index contributed by atoms with van der Waals surface area (Å²) in [6.45, 7) is 1.09. The van der Waals surface area contributed by atoms with Crippen molar-refractivity contribution in [2.45, 2.75) is 23.1 Å². The van der Waals surface area contributed by atoms with E-state index in [1.54, 1.807) is 0 Å². The van der Waals surface area contributed by atoms with Crippen LogP contribution < -0.4 is 19.5 Å². The highest BCUT2D eigenvalue weighted by molar-refractivity contribution is 8.00. The molecular weight excluding hydrogens is 383 g/mol. The number of hydrogen-bond donors (Lipinski definition) is 2. The Morgan fingerprint density at radius 3 is 2.59 bits per heavy atom. The molecule has 0 aromatic heterocycles. The Balaban J connectivity index is 1.37. The molecule has 1 heterocycles. The van der Waals surface area contributed by atoms with Crippen LogP contribution in [0.15, 0.2) is 47.4 Å². The zero-order chi connectivity index (χ0) is 19.3. The molecule has 0 radical (unpaired) electrons. The Kier molecular flexibility index (Phi) is 6.35. The van der Waals surface area contributed by atoms with Crippen molar-refractivity contribution < 1.29 is 32.5 Å². The summed E-state index contributed by atoms with van der Waals surface area (Å²) in [6.07, 6.45) is -0.761. The topological polar surface area (TPSA) is 60.0 Å². The summed E-state index contributed by atoms with van der Waals surface area (Å²) in [5.41, 5.74) is -3.33. The second-order valence-corrected chi connectivity index (χ2v) is 6.94. The van der Waals surface area contributed by atoms with E-state index in [9.17, 15) is 18.3 Å². The van der Waals surface area contributed by atoms with Gasteiger partial charge >= 0.3 is 5.51 Å². The Morgan fingerprint density at radius 1 is 1.11 bits per heavy atom. The quantitative estimate of drug-likeness (QED) is 0.660. The predicted molar refractivity (Wildman–Crippen MR) is 94.1 cm³/mol. The molecule has 5 nitrogen and oxygen atoms in total. The summed E-state index contributed by atoms with van der Waals surface area (Å²) in [7, 11) is 0. The molecule has 146 valence electrons. The SMILES string of the molecule is O[C@H](CNCc1ccc2c(c1)OCO2)COc1ccc(SC(F)(F)F)cc1. The number of rotatable bonds is 8. The first kappa shape index (κ1) is 19.7. The molecule has 1 aliphatic rings. The molecule has 0 aliphatic carbocycles. The van der Waals surface area contributed by atoms with Crippen molar-refractivity contribution in [2.75, 3.05) is 19.9 Å². The van der Waals surface area contributed by atoms with Gasteiger partial charge in [0.25, 0.3) is 0 Å². The van der Waals surface area contributed by atoms with Crippen molar-refractivity contribution in [3.8, 4) is 17.2 Å². The molecule has 1 aliphatic heterocycles. The van der Waals surface area contributed by atoms with Gasteiger partial charge in [-0.25, -0.2) is 0 Å². The number of hydrogen-bond acceptors (Lipinski definition) is 6. The lowest BCUT2D eigenvalue weighted by atomic mass is 10.2. The fourth-order valence-corrected chi connectivity index (χ4v) is 2.96. The van der Waals surface area contributed by atoms with E-state index in [-0.39, 0.29) is 30.1 Å². The molecule has 0 spiro atoms. The molecule has 3 rings (SSSR count). The zero-order valence-corrected chi connectivity index (χ0v) is 15.0. The van der Waals surface area contributed by atoms with E-state index in [0.29, 0.717) is 30.3 Å². The van der Waals surface area contributed by atoms with Crippen molar-refractivity contribution in [1.82, 2.24) is 5.32 Å². The van der Waals surface area contributed by atoms with Gasteiger partial charge in [0.05, 0.1) is 0 Å². The second kappa shape index (κ2) is 8.73. The fraction of sp³-hybridized carbons (Fsp3) is 0.333. The third kappa shape index (κ3) is 6.23. The molecule has 2 N–H and O–H groups in total. The Labute approximate surface area is 158 Å². The second-order valence-electron chi connectivity index (χ2n) is 5.80. The van der Waals surface area contributed by atoms with Crippen LogP contribution in [0.1, 0.15) is 5.56 Å². The Morgan fingerprint density at radius 2 is 1.85 bits per heavy atom. The van der Waals surface area contributed by atoms with Crippen LogP contribution >= 0.6 is 11.8 Å². The summed E-state index contributed by atoms with van der Waals surface area (Å²) in [4.78, 5) is 0.0841. The predicted octanol–water partition coefficient (Wildman–Crippen LogP) is 3.56. The average molecular weight is 401 g/mol. The van der Waals surface area contributed by atoms with E-state index < -0.39 is 11.6 Å². The van der Waals surface area contributed by atoms with E-state index >= 15 is 0 Å². The van der Waals surface area contributed by atoms with Gasteiger partial charge in [0.2, 0.25) is 6.79 Å². The third-order valence-corrected chi connectivity index (χ3v) is 4.39. The van der Waals surface area contributed by atoms with Crippen LogP contribution in [-0.4, -0.2) is 36.7 Å². The minimum absolute atomic E-state index is 0.0277. The molecule has 2 aromatic rings. The molecular formula is C18H18F3NO4S. The first-order valence-electron chi connectivity index (χ1n) is 8.15. The summed E-state index contributed by atoms with van der Waals surface area (Å²) in [6, 6.07) is 11.2. The maximum atomic E-state index is 12.3. The Bertz CT molecular complexity index is 755. The summed E-state index contributed by atoms with van der Waals surface area (Å²) < 4.78 is 52.8. The van der Waals surface area contributed by atoms with Gasteiger partial charge in [0, 0.05) is 18.0 Å². The first-order valence-corrected chi connectivity index (χ1v) is 8.96. The van der Waals surface area contributed by atoms with Crippen molar-refractivity contribution >= 4 is 11.8 Å². The molecule has 2 aromatic carbocycles. The summed E-state index contributed by atoms with van der Waals surface area (Å²) in [5, 5.41) is 13.1. The van der Waals surface area contributed by atoms with Crippen molar-refractivity contribution in [1.29, 1.82) is 0 Å². The van der Waals surface area contributed by atoms with Gasteiger partial charge in [-0.1, -0.05) is 6.07 Å². The minimum Gasteiger partial charge on any atom is -0.491 e. The molecule has 0 unspecified atom stereocenters. The first-order chi connectivity index (χ1) is 12.9. The third-order valence-electron chi connectivity index (χ3n) is 3.65. The largest absolute Gasteiger partial charge is 0.491 e. The number of nitrogens with one attached hydrogen (secondary N) is 1. The van der Waals surface area contributed by atoms with Gasteiger partial charge in [0.1, 0.15) is 18.5 Å². The monoisotopic (exact) mass is 401 g/mol. The van der Waals surface area contributed by atoms with Crippen LogP contribution in [0.2, 0.25) is 0 Å². The number of benzene rings is 2. The molecule has 0 bridgehead atoms. The van der Waals surface area contributed by atoms with E-state index in [1.165, 1.54) is 24.3 Å². The van der Waals surface area contributed by atoms with Crippen LogP contribution in [0, 0.1) is 0 Å². The number of aliphatic hydroxyl groups excluding tert-OH is 1. The van der Waals surface area contributed by atoms with Crippen molar-refractivity contribution in [2.24, 2.45) is 0 Å².